The second kappa shape index (κ2) is 9.10. The molecule has 0 saturated carbocycles. The number of hydrogen-bond donors (Lipinski definition) is 3. The average molecular weight is 403 g/mol. The molecule has 0 amide bonds. The Morgan fingerprint density at radius 2 is 1.76 bits per heavy atom. The number of hydrogen-bond acceptors (Lipinski definition) is 9. The highest BCUT2D eigenvalue weighted by molar-refractivity contribution is 5.94. The Bertz CT molecular complexity index is 841. The summed E-state index contributed by atoms with van der Waals surface area (Å²) in [4.78, 5) is 27.2. The molecule has 3 N–H and O–H groups in total. The van der Waals surface area contributed by atoms with Crippen molar-refractivity contribution in [1.82, 2.24) is 4.98 Å². The van der Waals surface area contributed by atoms with Crippen LogP contribution in [-0.4, -0.2) is 69.4 Å². The topological polar surface area (TPSA) is 135 Å². The molecule has 154 valence electrons. The lowest BCUT2D eigenvalue weighted by molar-refractivity contribution is -0.277. The molecule has 1 fully saturated rings. The fraction of sp³-hybridized carbons (Fsp3) is 0.350. The number of carbonyl (C=O) groups is 2. The van der Waals surface area contributed by atoms with Crippen LogP contribution < -0.4 is 4.74 Å². The van der Waals surface area contributed by atoms with Crippen molar-refractivity contribution in [2.75, 3.05) is 6.61 Å². The van der Waals surface area contributed by atoms with Crippen LogP contribution in [0.4, 0.5) is 0 Å². The first kappa shape index (κ1) is 20.9. The van der Waals surface area contributed by atoms with E-state index in [9.17, 15) is 24.9 Å². The molecule has 5 atom stereocenters. The van der Waals surface area contributed by atoms with Crippen molar-refractivity contribution < 1.29 is 39.1 Å². The smallest absolute Gasteiger partial charge is 0.339 e. The number of aliphatic hydroxyl groups is 3. The maximum Gasteiger partial charge on any atom is 0.339 e. The minimum atomic E-state index is -1.58. The van der Waals surface area contributed by atoms with Gasteiger partial charge in [-0.25, -0.2) is 4.79 Å². The van der Waals surface area contributed by atoms with Gasteiger partial charge in [-0.3, -0.25) is 9.78 Å². The van der Waals surface area contributed by atoms with Crippen LogP contribution in [0.25, 0.3) is 0 Å². The number of Topliss-reactive ketones (excluding diaryl/α,β-unsaturated/α-hetero) is 1. The summed E-state index contributed by atoms with van der Waals surface area (Å²) in [5.41, 5.74) is 0.704. The minimum Gasteiger partial charge on any atom is -0.462 e. The number of nitrogens with zero attached hydrogens (tertiary/aromatic N) is 1. The molecule has 1 aromatic carbocycles. The quantitative estimate of drug-likeness (QED) is 0.460. The van der Waals surface area contributed by atoms with Gasteiger partial charge in [-0.05, 0) is 43.3 Å². The van der Waals surface area contributed by atoms with E-state index in [1.54, 1.807) is 18.2 Å². The van der Waals surface area contributed by atoms with Crippen LogP contribution in [0.1, 0.15) is 27.6 Å². The van der Waals surface area contributed by atoms with Crippen LogP contribution in [-0.2, 0) is 9.47 Å². The summed E-state index contributed by atoms with van der Waals surface area (Å²) in [5, 5.41) is 30.4. The molecular weight excluding hydrogens is 382 g/mol. The first-order valence-electron chi connectivity index (χ1n) is 8.91. The number of pyridine rings is 1. The Morgan fingerprint density at radius 1 is 1.03 bits per heavy atom. The second-order valence-electron chi connectivity index (χ2n) is 6.55. The van der Waals surface area contributed by atoms with Crippen molar-refractivity contribution in [1.29, 1.82) is 0 Å². The zero-order valence-electron chi connectivity index (χ0n) is 15.5. The van der Waals surface area contributed by atoms with Gasteiger partial charge in [-0.1, -0.05) is 0 Å². The normalized spacial score (nSPS) is 26.6. The molecule has 3 rings (SSSR count). The van der Waals surface area contributed by atoms with E-state index in [2.05, 4.69) is 4.98 Å². The van der Waals surface area contributed by atoms with Gasteiger partial charge in [0.25, 0.3) is 0 Å². The summed E-state index contributed by atoms with van der Waals surface area (Å²) in [7, 11) is 0. The van der Waals surface area contributed by atoms with Crippen LogP contribution in [0.3, 0.4) is 0 Å². The van der Waals surface area contributed by atoms with Gasteiger partial charge < -0.3 is 29.5 Å². The summed E-state index contributed by atoms with van der Waals surface area (Å²) >= 11 is 0. The predicted octanol–water partition coefficient (Wildman–Crippen LogP) is 0.328. The first-order chi connectivity index (χ1) is 13.9. The average Bonchev–Trinajstić information content (AvgIpc) is 2.74. The highest BCUT2D eigenvalue weighted by Crippen LogP contribution is 2.25. The van der Waals surface area contributed by atoms with Crippen molar-refractivity contribution in [3.05, 3.63) is 59.9 Å². The van der Waals surface area contributed by atoms with Gasteiger partial charge in [-0.15, -0.1) is 0 Å². The number of ether oxygens (including phenoxy) is 3. The summed E-state index contributed by atoms with van der Waals surface area (Å²) in [6.45, 7) is 1.06. The summed E-state index contributed by atoms with van der Waals surface area (Å²) in [5.74, 6) is -0.500. The Kier molecular flexibility index (Phi) is 6.55. The highest BCUT2D eigenvalue weighted by Gasteiger charge is 2.45. The monoisotopic (exact) mass is 403 g/mol. The van der Waals surface area contributed by atoms with Crippen molar-refractivity contribution in [3.8, 4) is 5.75 Å². The van der Waals surface area contributed by atoms with Gasteiger partial charge >= 0.3 is 5.97 Å². The third kappa shape index (κ3) is 4.96. The summed E-state index contributed by atoms with van der Waals surface area (Å²) in [6, 6.07) is 9.21. The molecule has 0 bridgehead atoms. The fourth-order valence-electron chi connectivity index (χ4n) is 2.78. The maximum absolute atomic E-state index is 12.0. The molecule has 0 aliphatic carbocycles. The van der Waals surface area contributed by atoms with Crippen LogP contribution in [0.5, 0.6) is 5.75 Å². The van der Waals surface area contributed by atoms with E-state index in [1.807, 2.05) is 0 Å². The molecule has 9 heteroatoms. The number of aromatic nitrogens is 1. The van der Waals surface area contributed by atoms with Crippen LogP contribution >= 0.6 is 0 Å². The molecule has 0 unspecified atom stereocenters. The number of carbonyl (C=O) groups excluding carboxylic acids is 2. The third-order valence-corrected chi connectivity index (χ3v) is 4.46. The number of benzene rings is 1. The fourth-order valence-corrected chi connectivity index (χ4v) is 2.78. The molecule has 1 saturated heterocycles. The highest BCUT2D eigenvalue weighted by atomic mass is 16.7. The molecule has 0 spiro atoms. The van der Waals surface area contributed by atoms with Gasteiger partial charge in [0.15, 0.2) is 5.78 Å². The molecule has 9 nitrogen and oxygen atoms in total. The van der Waals surface area contributed by atoms with E-state index in [-0.39, 0.29) is 23.7 Å². The van der Waals surface area contributed by atoms with Gasteiger partial charge in [0.05, 0.1) is 5.56 Å². The molecule has 0 radical (unpaired) electrons. The van der Waals surface area contributed by atoms with Gasteiger partial charge in [0, 0.05) is 18.0 Å². The molecule has 2 heterocycles. The van der Waals surface area contributed by atoms with Crippen LogP contribution in [0.2, 0.25) is 0 Å². The zero-order chi connectivity index (χ0) is 21.0. The second-order valence-corrected chi connectivity index (χ2v) is 6.55. The Balaban J connectivity index is 1.64. The summed E-state index contributed by atoms with van der Waals surface area (Å²) < 4.78 is 16.2. The van der Waals surface area contributed by atoms with Gasteiger partial charge in [0.2, 0.25) is 6.29 Å². The molecule has 1 aliphatic rings. The zero-order valence-corrected chi connectivity index (χ0v) is 15.5. The lowest BCUT2D eigenvalue weighted by Gasteiger charge is -2.39. The van der Waals surface area contributed by atoms with Crippen molar-refractivity contribution in [2.45, 2.75) is 37.6 Å². The lowest BCUT2D eigenvalue weighted by atomic mass is 9.99. The molecule has 2 aromatic rings. The minimum absolute atomic E-state index is 0.112. The Morgan fingerprint density at radius 3 is 2.38 bits per heavy atom. The van der Waals surface area contributed by atoms with E-state index in [0.717, 1.165) is 0 Å². The standard InChI is InChI=1S/C20H21NO8/c1-11(22)12-4-6-14(7-5-12)28-20-18(25)17(24)16(23)15(29-20)10-27-19(26)13-3-2-8-21-9-13/h2-9,15-18,20,23-25H,10H2,1H3/t15-,16-,17+,18-,20-/m1/s1. The van der Waals surface area contributed by atoms with E-state index in [1.165, 1.54) is 37.5 Å². The Hall–Kier alpha value is -2.85. The molecule has 1 aliphatic heterocycles. The Labute approximate surface area is 166 Å². The molecular formula is C20H21NO8. The van der Waals surface area contributed by atoms with Crippen LogP contribution in [0, 0.1) is 0 Å². The van der Waals surface area contributed by atoms with Crippen molar-refractivity contribution in [3.63, 3.8) is 0 Å². The number of aliphatic hydroxyl groups excluding tert-OH is 3. The first-order valence-corrected chi connectivity index (χ1v) is 8.91. The lowest BCUT2D eigenvalue weighted by Crippen LogP contribution is -2.60. The third-order valence-electron chi connectivity index (χ3n) is 4.46. The van der Waals surface area contributed by atoms with E-state index in [0.29, 0.717) is 5.56 Å². The predicted molar refractivity (Wildman–Crippen MR) is 98.3 cm³/mol. The summed E-state index contributed by atoms with van der Waals surface area (Å²) in [6.07, 6.45) is -4.22. The van der Waals surface area contributed by atoms with Crippen molar-refractivity contribution in [2.24, 2.45) is 0 Å². The van der Waals surface area contributed by atoms with Gasteiger partial charge in [-0.2, -0.15) is 0 Å². The maximum atomic E-state index is 12.0. The number of rotatable bonds is 6. The van der Waals surface area contributed by atoms with Crippen LogP contribution in [0.15, 0.2) is 48.8 Å². The van der Waals surface area contributed by atoms with E-state index < -0.39 is 36.7 Å². The number of esters is 1. The SMILES string of the molecule is CC(=O)c1ccc(O[C@@H]2O[C@H](COC(=O)c3cccnc3)[C@@H](O)[C@H](O)[C@H]2O)cc1. The largest absolute Gasteiger partial charge is 0.462 e. The van der Waals surface area contributed by atoms with E-state index in [4.69, 9.17) is 14.2 Å². The molecule has 29 heavy (non-hydrogen) atoms. The van der Waals surface area contributed by atoms with Gasteiger partial charge in [0.1, 0.15) is 36.8 Å². The van der Waals surface area contributed by atoms with E-state index >= 15 is 0 Å². The number of ketones is 1. The molecule has 1 aromatic heterocycles. The van der Waals surface area contributed by atoms with Crippen molar-refractivity contribution >= 4 is 11.8 Å².